The third kappa shape index (κ3) is 2.29. The predicted molar refractivity (Wildman–Crippen MR) is 95.7 cm³/mol. The smallest absolute Gasteiger partial charge is 0.337 e. The third-order valence-electron chi connectivity index (χ3n) is 5.19. The molecule has 0 saturated carbocycles. The van der Waals surface area contributed by atoms with Gasteiger partial charge in [0.25, 0.3) is 0 Å². The molecule has 1 atom stereocenters. The summed E-state index contributed by atoms with van der Waals surface area (Å²) >= 11 is 0. The molecule has 0 bridgehead atoms. The van der Waals surface area contributed by atoms with Crippen molar-refractivity contribution < 1.29 is 19.4 Å². The molecular formula is C20H20N2O4. The second kappa shape index (κ2) is 5.85. The highest BCUT2D eigenvalue weighted by Crippen LogP contribution is 2.43. The monoisotopic (exact) mass is 352 g/mol. The van der Waals surface area contributed by atoms with E-state index in [2.05, 4.69) is 4.98 Å². The van der Waals surface area contributed by atoms with Crippen LogP contribution in [0.1, 0.15) is 39.3 Å². The summed E-state index contributed by atoms with van der Waals surface area (Å²) in [4.78, 5) is 16.4. The lowest BCUT2D eigenvalue weighted by atomic mass is 9.92. The Morgan fingerprint density at radius 3 is 2.69 bits per heavy atom. The van der Waals surface area contributed by atoms with Crippen LogP contribution in [0.4, 0.5) is 0 Å². The minimum absolute atomic E-state index is 0.241. The van der Waals surface area contributed by atoms with Crippen LogP contribution in [0.5, 0.6) is 5.75 Å². The molecule has 6 nitrogen and oxygen atoms in total. The number of imidazole rings is 1. The van der Waals surface area contributed by atoms with Crippen LogP contribution in [0.2, 0.25) is 0 Å². The predicted octanol–water partition coefficient (Wildman–Crippen LogP) is 3.47. The van der Waals surface area contributed by atoms with E-state index in [1.807, 2.05) is 44.2 Å². The average Bonchev–Trinajstić information content (AvgIpc) is 2.96. The van der Waals surface area contributed by atoms with Gasteiger partial charge in [0, 0.05) is 36.5 Å². The quantitative estimate of drug-likeness (QED) is 0.781. The lowest BCUT2D eigenvalue weighted by Gasteiger charge is -2.38. The summed E-state index contributed by atoms with van der Waals surface area (Å²) in [5.74, 6) is -1.44. The highest BCUT2D eigenvalue weighted by atomic mass is 16.7. The van der Waals surface area contributed by atoms with Crippen molar-refractivity contribution in [3.63, 3.8) is 0 Å². The summed E-state index contributed by atoms with van der Waals surface area (Å²) in [6, 6.07) is 9.71. The summed E-state index contributed by atoms with van der Waals surface area (Å²) in [6.07, 6.45) is 2.69. The molecule has 1 unspecified atom stereocenters. The number of pyridine rings is 1. The van der Waals surface area contributed by atoms with Crippen LogP contribution in [0, 0.1) is 13.8 Å². The van der Waals surface area contributed by atoms with Crippen LogP contribution in [-0.4, -0.2) is 27.6 Å². The van der Waals surface area contributed by atoms with Gasteiger partial charge in [0.15, 0.2) is 11.4 Å². The Kier molecular flexibility index (Phi) is 3.73. The molecule has 0 spiro atoms. The molecule has 1 aliphatic rings. The molecule has 0 aliphatic carbocycles. The Balaban J connectivity index is 1.97. The molecule has 4 rings (SSSR count). The molecule has 0 radical (unpaired) electrons. The van der Waals surface area contributed by atoms with Gasteiger partial charge in [-0.1, -0.05) is 30.3 Å². The van der Waals surface area contributed by atoms with Gasteiger partial charge < -0.3 is 19.0 Å². The zero-order valence-electron chi connectivity index (χ0n) is 14.9. The van der Waals surface area contributed by atoms with Crippen molar-refractivity contribution in [2.45, 2.75) is 32.5 Å². The Bertz CT molecular complexity index is 1010. The highest BCUT2D eigenvalue weighted by molar-refractivity contribution is 5.91. The van der Waals surface area contributed by atoms with Crippen molar-refractivity contribution in [2.75, 3.05) is 7.11 Å². The van der Waals surface area contributed by atoms with Crippen LogP contribution < -0.4 is 4.74 Å². The van der Waals surface area contributed by atoms with Gasteiger partial charge in [-0.05, 0) is 20.3 Å². The summed E-state index contributed by atoms with van der Waals surface area (Å²) in [5, 5.41) is 9.68. The van der Waals surface area contributed by atoms with E-state index in [4.69, 9.17) is 9.47 Å². The van der Waals surface area contributed by atoms with E-state index in [0.717, 1.165) is 17.0 Å². The number of fused-ring (bicyclic) bond motifs is 3. The number of aromatic carboxylic acids is 1. The van der Waals surface area contributed by atoms with E-state index in [9.17, 15) is 9.90 Å². The number of aryl methyl sites for hydroxylation is 2. The largest absolute Gasteiger partial charge is 0.478 e. The summed E-state index contributed by atoms with van der Waals surface area (Å²) in [7, 11) is 1.61. The summed E-state index contributed by atoms with van der Waals surface area (Å²) in [5.41, 5.74) is 4.15. The molecule has 1 aromatic carbocycles. The SMILES string of the molecule is COC1(c2ccccc2)CCc2c(C(=O)O)cn3c(C)c(C)nc3c2O1. The Morgan fingerprint density at radius 1 is 1.31 bits per heavy atom. The lowest BCUT2D eigenvalue weighted by Crippen LogP contribution is -2.39. The molecule has 0 fully saturated rings. The number of aromatic nitrogens is 2. The lowest BCUT2D eigenvalue weighted by molar-refractivity contribution is -0.183. The Labute approximate surface area is 151 Å². The molecule has 3 heterocycles. The molecule has 1 N–H and O–H groups in total. The summed E-state index contributed by atoms with van der Waals surface area (Å²) < 4.78 is 13.9. The molecule has 3 aromatic rings. The number of benzene rings is 1. The van der Waals surface area contributed by atoms with Gasteiger partial charge in [-0.15, -0.1) is 0 Å². The standard InChI is InChI=1S/C20H20N2O4/c1-12-13(2)22-11-16(19(23)24)15-9-10-20(25-3,14-7-5-4-6-8-14)26-17(15)18(22)21-12/h4-8,11H,9-10H2,1-3H3,(H,23,24). The zero-order chi connectivity index (χ0) is 18.5. The van der Waals surface area contributed by atoms with Gasteiger partial charge in [0.1, 0.15) is 0 Å². The average molecular weight is 352 g/mol. The van der Waals surface area contributed by atoms with Gasteiger partial charge in [0.05, 0.1) is 11.3 Å². The van der Waals surface area contributed by atoms with Crippen molar-refractivity contribution in [3.8, 4) is 5.75 Å². The van der Waals surface area contributed by atoms with Gasteiger partial charge in [-0.25, -0.2) is 9.78 Å². The first-order valence-electron chi connectivity index (χ1n) is 8.51. The van der Waals surface area contributed by atoms with Crippen molar-refractivity contribution in [1.29, 1.82) is 0 Å². The van der Waals surface area contributed by atoms with Gasteiger partial charge in [-0.3, -0.25) is 0 Å². The van der Waals surface area contributed by atoms with E-state index >= 15 is 0 Å². The van der Waals surface area contributed by atoms with Crippen molar-refractivity contribution in [3.05, 3.63) is 64.6 Å². The van der Waals surface area contributed by atoms with Crippen LogP contribution in [0.3, 0.4) is 0 Å². The van der Waals surface area contributed by atoms with Crippen molar-refractivity contribution in [2.24, 2.45) is 0 Å². The number of nitrogens with zero attached hydrogens (tertiary/aromatic N) is 2. The highest BCUT2D eigenvalue weighted by Gasteiger charge is 2.41. The number of carboxylic acid groups (broad SMARTS) is 1. The van der Waals surface area contributed by atoms with Crippen LogP contribution in [0.25, 0.3) is 5.65 Å². The number of hydrogen-bond donors (Lipinski definition) is 1. The molecule has 0 saturated heterocycles. The summed E-state index contributed by atoms with van der Waals surface area (Å²) in [6.45, 7) is 3.82. The zero-order valence-corrected chi connectivity index (χ0v) is 14.9. The fourth-order valence-corrected chi connectivity index (χ4v) is 3.61. The molecule has 26 heavy (non-hydrogen) atoms. The molecule has 0 amide bonds. The van der Waals surface area contributed by atoms with E-state index in [0.29, 0.717) is 29.8 Å². The minimum atomic E-state index is -0.970. The maximum absolute atomic E-state index is 11.8. The van der Waals surface area contributed by atoms with E-state index in [1.54, 1.807) is 17.7 Å². The van der Waals surface area contributed by atoms with E-state index in [1.165, 1.54) is 0 Å². The van der Waals surface area contributed by atoms with Crippen LogP contribution in [-0.2, 0) is 16.9 Å². The van der Waals surface area contributed by atoms with Gasteiger partial charge in [-0.2, -0.15) is 0 Å². The maximum atomic E-state index is 11.8. The second-order valence-electron chi connectivity index (χ2n) is 6.56. The normalized spacial score (nSPS) is 19.2. The molecule has 6 heteroatoms. The number of ether oxygens (including phenoxy) is 2. The molecular weight excluding hydrogens is 332 g/mol. The molecule has 134 valence electrons. The number of methoxy groups -OCH3 is 1. The van der Waals surface area contributed by atoms with Crippen molar-refractivity contribution >= 4 is 11.6 Å². The van der Waals surface area contributed by atoms with E-state index < -0.39 is 11.8 Å². The van der Waals surface area contributed by atoms with E-state index in [-0.39, 0.29) is 5.56 Å². The van der Waals surface area contributed by atoms with Crippen molar-refractivity contribution in [1.82, 2.24) is 9.38 Å². The fourth-order valence-electron chi connectivity index (χ4n) is 3.61. The Hall–Kier alpha value is -2.86. The number of rotatable bonds is 3. The fraction of sp³-hybridized carbons (Fsp3) is 0.300. The molecule has 1 aliphatic heterocycles. The number of carbonyl (C=O) groups is 1. The van der Waals surface area contributed by atoms with Crippen LogP contribution in [0.15, 0.2) is 36.5 Å². The van der Waals surface area contributed by atoms with Gasteiger partial charge in [0.2, 0.25) is 5.79 Å². The third-order valence-corrected chi connectivity index (χ3v) is 5.19. The maximum Gasteiger partial charge on any atom is 0.337 e. The topological polar surface area (TPSA) is 73.1 Å². The first kappa shape index (κ1) is 16.6. The first-order valence-corrected chi connectivity index (χ1v) is 8.51. The second-order valence-corrected chi connectivity index (χ2v) is 6.56. The Morgan fingerprint density at radius 2 is 2.04 bits per heavy atom. The molecule has 2 aromatic heterocycles. The van der Waals surface area contributed by atoms with Gasteiger partial charge >= 0.3 is 5.97 Å². The minimum Gasteiger partial charge on any atom is -0.478 e. The first-order chi connectivity index (χ1) is 12.5. The van der Waals surface area contributed by atoms with Crippen LogP contribution >= 0.6 is 0 Å². The number of hydrogen-bond acceptors (Lipinski definition) is 4. The number of carboxylic acids is 1.